The number of ether oxygens (including phenoxy) is 2. The fraction of sp³-hybridized carbons (Fsp3) is 0.189. The summed E-state index contributed by atoms with van der Waals surface area (Å²) in [6.45, 7) is 2.53. The number of nitrogens with zero attached hydrogens (tertiary/aromatic N) is 1. The first-order chi connectivity index (χ1) is 21.0. The van der Waals surface area contributed by atoms with Gasteiger partial charge in [0.15, 0.2) is 0 Å². The van der Waals surface area contributed by atoms with Crippen LogP contribution in [0.5, 0.6) is 17.2 Å². The van der Waals surface area contributed by atoms with Crippen LogP contribution in [0, 0.1) is 6.92 Å². The van der Waals surface area contributed by atoms with Crippen molar-refractivity contribution in [3.63, 3.8) is 0 Å². The third kappa shape index (κ3) is 7.74. The van der Waals surface area contributed by atoms with Gasteiger partial charge in [0.2, 0.25) is 0 Å². The fourth-order valence-electron chi connectivity index (χ4n) is 5.11. The Balaban J connectivity index is 1.44. The molecule has 0 bridgehead atoms. The summed E-state index contributed by atoms with van der Waals surface area (Å²) >= 11 is 0. The normalized spacial score (nSPS) is 11.0. The predicted molar refractivity (Wildman–Crippen MR) is 171 cm³/mol. The van der Waals surface area contributed by atoms with Crippen molar-refractivity contribution in [1.29, 1.82) is 0 Å². The van der Waals surface area contributed by atoms with Gasteiger partial charge in [-0.25, -0.2) is 0 Å². The van der Waals surface area contributed by atoms with Gasteiger partial charge in [0.05, 0.1) is 13.2 Å². The Hall–Kier alpha value is -4.78. The summed E-state index contributed by atoms with van der Waals surface area (Å²) in [4.78, 5) is 2.18. The molecule has 5 aromatic carbocycles. The highest BCUT2D eigenvalue weighted by atomic mass is 16.5. The second-order valence-electron chi connectivity index (χ2n) is 10.4. The molecule has 0 aromatic heterocycles. The van der Waals surface area contributed by atoms with Gasteiger partial charge < -0.3 is 29.7 Å². The van der Waals surface area contributed by atoms with Crippen LogP contribution >= 0.6 is 0 Å². The quantitative estimate of drug-likeness (QED) is 0.137. The summed E-state index contributed by atoms with van der Waals surface area (Å²) in [7, 11) is 0. The molecule has 0 saturated heterocycles. The standard InChI is InChI=1S/C37H37NO5/c1-27-2-10-31(11-3-27)38(33-14-16-34(41)17-15-33)32-12-4-28(5-13-32)26-37(29-6-18-35(19-7-29)42-24-22-39)30-8-20-36(21-9-30)43-25-23-40/h2-21,37,39-41H,22-26H2,1H3. The molecule has 6 nitrogen and oxygen atoms in total. The largest absolute Gasteiger partial charge is 0.508 e. The van der Waals surface area contributed by atoms with Crippen LogP contribution < -0.4 is 14.4 Å². The Morgan fingerprint density at radius 2 is 0.977 bits per heavy atom. The zero-order valence-corrected chi connectivity index (χ0v) is 24.3. The second-order valence-corrected chi connectivity index (χ2v) is 10.4. The van der Waals surface area contributed by atoms with E-state index in [0.29, 0.717) is 0 Å². The maximum Gasteiger partial charge on any atom is 0.119 e. The van der Waals surface area contributed by atoms with Crippen molar-refractivity contribution in [2.45, 2.75) is 19.3 Å². The molecule has 5 aromatic rings. The monoisotopic (exact) mass is 575 g/mol. The van der Waals surface area contributed by atoms with E-state index in [-0.39, 0.29) is 38.1 Å². The Labute approximate surface area is 253 Å². The van der Waals surface area contributed by atoms with Gasteiger partial charge in [-0.05, 0) is 103 Å². The third-order valence-electron chi connectivity index (χ3n) is 7.32. The van der Waals surface area contributed by atoms with E-state index in [0.717, 1.165) is 46.1 Å². The van der Waals surface area contributed by atoms with Crippen molar-refractivity contribution in [3.05, 3.63) is 144 Å². The molecule has 3 N–H and O–H groups in total. The highest BCUT2D eigenvalue weighted by Gasteiger charge is 2.17. The first-order valence-corrected chi connectivity index (χ1v) is 14.5. The van der Waals surface area contributed by atoms with Gasteiger partial charge in [0.25, 0.3) is 0 Å². The number of anilines is 3. The smallest absolute Gasteiger partial charge is 0.119 e. The Morgan fingerprint density at radius 3 is 1.42 bits per heavy atom. The lowest BCUT2D eigenvalue weighted by Crippen LogP contribution is -2.10. The molecule has 0 atom stereocenters. The van der Waals surface area contributed by atoms with Crippen LogP contribution in [-0.2, 0) is 6.42 Å². The van der Waals surface area contributed by atoms with Crippen molar-refractivity contribution in [3.8, 4) is 17.2 Å². The van der Waals surface area contributed by atoms with Crippen LogP contribution in [0.2, 0.25) is 0 Å². The number of phenolic OH excluding ortho intramolecular Hbond substituents is 1. The summed E-state index contributed by atoms with van der Waals surface area (Å²) in [5.74, 6) is 1.75. The minimum absolute atomic E-state index is 0.0286. The maximum atomic E-state index is 9.88. The van der Waals surface area contributed by atoms with Gasteiger partial charge in [0, 0.05) is 23.0 Å². The summed E-state index contributed by atoms with van der Waals surface area (Å²) < 4.78 is 11.2. The lowest BCUT2D eigenvalue weighted by Gasteiger charge is -2.26. The maximum absolute atomic E-state index is 9.88. The number of hydrogen-bond acceptors (Lipinski definition) is 6. The van der Waals surface area contributed by atoms with Gasteiger partial charge in [0.1, 0.15) is 30.5 Å². The third-order valence-corrected chi connectivity index (χ3v) is 7.32. The van der Waals surface area contributed by atoms with Crippen LogP contribution in [0.1, 0.15) is 28.2 Å². The first-order valence-electron chi connectivity index (χ1n) is 14.5. The van der Waals surface area contributed by atoms with Crippen LogP contribution in [0.3, 0.4) is 0 Å². The van der Waals surface area contributed by atoms with Crippen molar-refractivity contribution < 1.29 is 24.8 Å². The van der Waals surface area contributed by atoms with Crippen molar-refractivity contribution in [2.24, 2.45) is 0 Å². The van der Waals surface area contributed by atoms with Crippen molar-refractivity contribution in [2.75, 3.05) is 31.3 Å². The molecule has 0 aliphatic heterocycles. The Bertz CT molecular complexity index is 1450. The molecular weight excluding hydrogens is 538 g/mol. The summed E-state index contributed by atoms with van der Waals surface area (Å²) in [6, 6.07) is 40.3. The molecule has 0 aliphatic rings. The minimum Gasteiger partial charge on any atom is -0.508 e. The van der Waals surface area contributed by atoms with Gasteiger partial charge in [-0.1, -0.05) is 54.1 Å². The van der Waals surface area contributed by atoms with Crippen LogP contribution in [-0.4, -0.2) is 41.7 Å². The van der Waals surface area contributed by atoms with E-state index in [1.165, 1.54) is 11.1 Å². The van der Waals surface area contributed by atoms with E-state index in [1.54, 1.807) is 12.1 Å². The highest BCUT2D eigenvalue weighted by molar-refractivity contribution is 5.76. The van der Waals surface area contributed by atoms with Crippen LogP contribution in [0.4, 0.5) is 17.1 Å². The minimum atomic E-state index is -0.0286. The molecule has 0 radical (unpaired) electrons. The zero-order chi connectivity index (χ0) is 30.0. The van der Waals surface area contributed by atoms with E-state index < -0.39 is 0 Å². The average Bonchev–Trinajstić information content (AvgIpc) is 3.05. The number of phenols is 1. The van der Waals surface area contributed by atoms with E-state index in [4.69, 9.17) is 19.7 Å². The molecule has 0 aliphatic carbocycles. The molecule has 0 heterocycles. The average molecular weight is 576 g/mol. The molecule has 0 saturated carbocycles. The van der Waals surface area contributed by atoms with E-state index in [9.17, 15) is 5.11 Å². The Morgan fingerprint density at radius 1 is 0.558 bits per heavy atom. The molecule has 0 unspecified atom stereocenters. The van der Waals surface area contributed by atoms with Crippen molar-refractivity contribution >= 4 is 17.1 Å². The van der Waals surface area contributed by atoms with Gasteiger partial charge in [-0.3, -0.25) is 0 Å². The van der Waals surface area contributed by atoms with Crippen LogP contribution in [0.25, 0.3) is 0 Å². The number of aryl methyl sites for hydroxylation is 1. The van der Waals surface area contributed by atoms with Gasteiger partial charge >= 0.3 is 0 Å². The summed E-state index contributed by atoms with van der Waals surface area (Å²) in [5, 5.41) is 28.1. The number of aliphatic hydroxyl groups is 2. The van der Waals surface area contributed by atoms with Crippen LogP contribution in [0.15, 0.2) is 121 Å². The first kappa shape index (κ1) is 29.7. The Kier molecular flexibility index (Phi) is 9.95. The molecule has 5 rings (SSSR count). The number of aromatic hydroxyl groups is 1. The molecule has 43 heavy (non-hydrogen) atoms. The topological polar surface area (TPSA) is 82.4 Å². The van der Waals surface area contributed by atoms with Gasteiger partial charge in [-0.2, -0.15) is 0 Å². The van der Waals surface area contributed by atoms with Crippen molar-refractivity contribution in [1.82, 2.24) is 0 Å². The number of aliphatic hydroxyl groups excluding tert-OH is 2. The van der Waals surface area contributed by atoms with Gasteiger partial charge in [-0.15, -0.1) is 0 Å². The number of rotatable bonds is 13. The van der Waals surface area contributed by atoms with E-state index in [1.807, 2.05) is 36.4 Å². The number of hydrogen-bond donors (Lipinski definition) is 3. The molecule has 220 valence electrons. The summed E-state index contributed by atoms with van der Waals surface area (Å²) in [6.07, 6.45) is 0.776. The predicted octanol–water partition coefficient (Wildman–Crippen LogP) is 7.29. The molecule has 0 amide bonds. The fourth-order valence-corrected chi connectivity index (χ4v) is 5.11. The van der Waals surface area contributed by atoms with E-state index >= 15 is 0 Å². The molecular formula is C37H37NO5. The SMILES string of the molecule is Cc1ccc(N(c2ccc(O)cc2)c2ccc(CC(c3ccc(OCCO)cc3)c3ccc(OCCO)cc3)cc2)cc1. The molecule has 0 fully saturated rings. The second kappa shape index (κ2) is 14.4. The zero-order valence-electron chi connectivity index (χ0n) is 24.3. The lowest BCUT2D eigenvalue weighted by molar-refractivity contribution is 0.201. The molecule has 6 heteroatoms. The highest BCUT2D eigenvalue weighted by Crippen LogP contribution is 2.37. The summed E-state index contributed by atoms with van der Waals surface area (Å²) in [5.41, 5.74) is 7.68. The van der Waals surface area contributed by atoms with E-state index in [2.05, 4.69) is 84.6 Å². The molecule has 0 spiro atoms. The number of benzene rings is 5. The lowest BCUT2D eigenvalue weighted by atomic mass is 9.86.